The summed E-state index contributed by atoms with van der Waals surface area (Å²) in [5.74, 6) is 0. The third-order valence-electron chi connectivity index (χ3n) is 4.43. The molecule has 0 spiro atoms. The molecule has 1 aromatic carbocycles. The first-order valence-corrected chi connectivity index (χ1v) is 7.61. The first kappa shape index (κ1) is 13.9. The number of nitrogens with zero attached hydrogens (tertiary/aromatic N) is 1. The fraction of sp³-hybridized carbons (Fsp3) is 0.600. The van der Waals surface area contributed by atoms with Gasteiger partial charge in [0, 0.05) is 29.8 Å². The molecule has 3 heteroatoms. The van der Waals surface area contributed by atoms with E-state index in [4.69, 9.17) is 5.73 Å². The van der Waals surface area contributed by atoms with Crippen molar-refractivity contribution in [1.29, 1.82) is 0 Å². The van der Waals surface area contributed by atoms with E-state index in [9.17, 15) is 0 Å². The van der Waals surface area contributed by atoms with Crippen molar-refractivity contribution in [1.82, 2.24) is 0 Å². The van der Waals surface area contributed by atoms with E-state index in [0.29, 0.717) is 12.0 Å². The Morgan fingerprint density at radius 2 is 2.00 bits per heavy atom. The molecule has 0 bridgehead atoms. The molecule has 0 aliphatic carbocycles. The maximum absolute atomic E-state index is 5.84. The van der Waals surface area contributed by atoms with Crippen LogP contribution in [0.2, 0.25) is 0 Å². The first-order valence-electron chi connectivity index (χ1n) is 6.81. The summed E-state index contributed by atoms with van der Waals surface area (Å²) in [4.78, 5) is 2.49. The molecule has 0 radical (unpaired) electrons. The van der Waals surface area contributed by atoms with Crippen molar-refractivity contribution in [2.45, 2.75) is 39.7 Å². The van der Waals surface area contributed by atoms with E-state index in [1.807, 2.05) is 0 Å². The third-order valence-corrected chi connectivity index (χ3v) is 4.93. The summed E-state index contributed by atoms with van der Waals surface area (Å²) in [6.45, 7) is 7.63. The third kappa shape index (κ3) is 2.89. The summed E-state index contributed by atoms with van der Waals surface area (Å²) in [7, 11) is 0. The Balaban J connectivity index is 2.16. The minimum absolute atomic E-state index is 0.533. The molecule has 0 unspecified atom stereocenters. The number of halogens is 1. The van der Waals surface area contributed by atoms with Gasteiger partial charge in [-0.05, 0) is 36.0 Å². The zero-order valence-corrected chi connectivity index (χ0v) is 13.0. The number of hydrogen-bond acceptors (Lipinski definition) is 2. The molecule has 1 aromatic rings. The lowest BCUT2D eigenvalue weighted by molar-refractivity contribution is 0.238. The number of hydrogen-bond donors (Lipinski definition) is 1. The molecule has 1 aliphatic heterocycles. The standard InChI is InChI=1S/C15H23BrN2/c1-3-15(2)6-8-18(9-7-15)14-10-13(16)5-4-12(14)11-17/h4-5,10H,3,6-9,11,17H2,1-2H3. The molecule has 2 rings (SSSR count). The van der Waals surface area contributed by atoms with Gasteiger partial charge in [-0.25, -0.2) is 0 Å². The maximum Gasteiger partial charge on any atom is 0.0423 e. The highest BCUT2D eigenvalue weighted by Crippen LogP contribution is 2.37. The zero-order chi connectivity index (χ0) is 13.2. The van der Waals surface area contributed by atoms with Crippen molar-refractivity contribution < 1.29 is 0 Å². The second-order valence-electron chi connectivity index (χ2n) is 5.63. The Morgan fingerprint density at radius 1 is 1.33 bits per heavy atom. The van der Waals surface area contributed by atoms with E-state index >= 15 is 0 Å². The Labute approximate surface area is 119 Å². The molecule has 0 atom stereocenters. The van der Waals surface area contributed by atoms with Crippen molar-refractivity contribution in [3.05, 3.63) is 28.2 Å². The quantitative estimate of drug-likeness (QED) is 0.916. The fourth-order valence-electron chi connectivity index (χ4n) is 2.65. The molecule has 0 saturated carbocycles. The summed E-state index contributed by atoms with van der Waals surface area (Å²) >= 11 is 3.56. The predicted molar refractivity (Wildman–Crippen MR) is 81.9 cm³/mol. The van der Waals surface area contributed by atoms with Crippen LogP contribution in [0.4, 0.5) is 5.69 Å². The predicted octanol–water partition coefficient (Wildman–Crippen LogP) is 3.92. The van der Waals surface area contributed by atoms with Crippen LogP contribution >= 0.6 is 15.9 Å². The monoisotopic (exact) mass is 310 g/mol. The van der Waals surface area contributed by atoms with Gasteiger partial charge in [-0.1, -0.05) is 42.3 Å². The van der Waals surface area contributed by atoms with Gasteiger partial charge in [0.25, 0.3) is 0 Å². The van der Waals surface area contributed by atoms with Crippen LogP contribution in [0.5, 0.6) is 0 Å². The molecule has 1 heterocycles. The van der Waals surface area contributed by atoms with Crippen molar-refractivity contribution in [3.63, 3.8) is 0 Å². The summed E-state index contributed by atoms with van der Waals surface area (Å²) in [5.41, 5.74) is 8.94. The van der Waals surface area contributed by atoms with Crippen LogP contribution in [-0.4, -0.2) is 13.1 Å². The smallest absolute Gasteiger partial charge is 0.0423 e. The van der Waals surface area contributed by atoms with Crippen molar-refractivity contribution in [3.8, 4) is 0 Å². The fourth-order valence-corrected chi connectivity index (χ4v) is 2.99. The largest absolute Gasteiger partial charge is 0.371 e. The van der Waals surface area contributed by atoms with Crippen LogP contribution in [0.15, 0.2) is 22.7 Å². The molecule has 0 aromatic heterocycles. The molecule has 2 N–H and O–H groups in total. The van der Waals surface area contributed by atoms with Crippen molar-refractivity contribution in [2.75, 3.05) is 18.0 Å². The maximum atomic E-state index is 5.84. The number of rotatable bonds is 3. The lowest BCUT2D eigenvalue weighted by Crippen LogP contribution is -2.39. The van der Waals surface area contributed by atoms with Crippen LogP contribution in [0.3, 0.4) is 0 Å². The normalized spacial score (nSPS) is 19.0. The van der Waals surface area contributed by atoms with Gasteiger partial charge >= 0.3 is 0 Å². The Morgan fingerprint density at radius 3 is 2.56 bits per heavy atom. The summed E-state index contributed by atoms with van der Waals surface area (Å²) < 4.78 is 1.14. The van der Waals surface area contributed by atoms with E-state index in [2.05, 4.69) is 52.9 Å². The molecule has 1 fully saturated rings. The van der Waals surface area contributed by atoms with Gasteiger partial charge in [0.05, 0.1) is 0 Å². The summed E-state index contributed by atoms with van der Waals surface area (Å²) in [6.07, 6.45) is 3.84. The van der Waals surface area contributed by atoms with E-state index in [1.54, 1.807) is 0 Å². The van der Waals surface area contributed by atoms with Crippen LogP contribution in [0.25, 0.3) is 0 Å². The van der Waals surface area contributed by atoms with Gasteiger partial charge in [0.2, 0.25) is 0 Å². The zero-order valence-electron chi connectivity index (χ0n) is 11.4. The van der Waals surface area contributed by atoms with Crippen molar-refractivity contribution in [2.24, 2.45) is 11.1 Å². The SMILES string of the molecule is CCC1(C)CCN(c2cc(Br)ccc2CN)CC1. The lowest BCUT2D eigenvalue weighted by Gasteiger charge is -2.40. The number of piperidine rings is 1. The number of nitrogens with two attached hydrogens (primary N) is 1. The summed E-state index contributed by atoms with van der Waals surface area (Å²) in [6, 6.07) is 6.41. The molecular formula is C15H23BrN2. The highest BCUT2D eigenvalue weighted by Gasteiger charge is 2.28. The van der Waals surface area contributed by atoms with Gasteiger partial charge < -0.3 is 10.6 Å². The van der Waals surface area contributed by atoms with Crippen LogP contribution in [0.1, 0.15) is 38.7 Å². The van der Waals surface area contributed by atoms with E-state index in [1.165, 1.54) is 30.5 Å². The summed E-state index contributed by atoms with van der Waals surface area (Å²) in [5, 5.41) is 0. The Bertz CT molecular complexity index is 409. The molecule has 1 saturated heterocycles. The molecule has 100 valence electrons. The highest BCUT2D eigenvalue weighted by molar-refractivity contribution is 9.10. The number of benzene rings is 1. The van der Waals surface area contributed by atoms with E-state index in [-0.39, 0.29) is 0 Å². The Hall–Kier alpha value is -0.540. The topological polar surface area (TPSA) is 29.3 Å². The van der Waals surface area contributed by atoms with Crippen LogP contribution < -0.4 is 10.6 Å². The van der Waals surface area contributed by atoms with Gasteiger partial charge in [0.1, 0.15) is 0 Å². The Kier molecular flexibility index (Phi) is 4.33. The molecule has 18 heavy (non-hydrogen) atoms. The minimum atomic E-state index is 0.533. The van der Waals surface area contributed by atoms with Crippen LogP contribution in [0, 0.1) is 5.41 Å². The van der Waals surface area contributed by atoms with Gasteiger partial charge in [0.15, 0.2) is 0 Å². The first-order chi connectivity index (χ1) is 8.58. The molecule has 2 nitrogen and oxygen atoms in total. The minimum Gasteiger partial charge on any atom is -0.371 e. The molecule has 1 aliphatic rings. The lowest BCUT2D eigenvalue weighted by atomic mass is 9.78. The number of anilines is 1. The second-order valence-corrected chi connectivity index (χ2v) is 6.54. The van der Waals surface area contributed by atoms with E-state index in [0.717, 1.165) is 17.6 Å². The second kappa shape index (κ2) is 5.62. The average molecular weight is 311 g/mol. The van der Waals surface area contributed by atoms with E-state index < -0.39 is 0 Å². The van der Waals surface area contributed by atoms with Gasteiger partial charge in [-0.2, -0.15) is 0 Å². The van der Waals surface area contributed by atoms with Crippen molar-refractivity contribution >= 4 is 21.6 Å². The van der Waals surface area contributed by atoms with Crippen LogP contribution in [-0.2, 0) is 6.54 Å². The molecule has 0 amide bonds. The van der Waals surface area contributed by atoms with Gasteiger partial charge in [-0.15, -0.1) is 0 Å². The highest BCUT2D eigenvalue weighted by atomic mass is 79.9. The average Bonchev–Trinajstić information content (AvgIpc) is 2.39. The molecular weight excluding hydrogens is 288 g/mol. The van der Waals surface area contributed by atoms with Gasteiger partial charge in [-0.3, -0.25) is 0 Å².